The maximum Gasteiger partial charge on any atom is 0.310 e. The first-order valence-electron chi connectivity index (χ1n) is 7.97. The number of guanidine groups is 1. The van der Waals surface area contributed by atoms with Gasteiger partial charge in [-0.2, -0.15) is 0 Å². The molecule has 1 aliphatic heterocycles. The lowest BCUT2D eigenvalue weighted by molar-refractivity contribution is -0.149. The van der Waals surface area contributed by atoms with Crippen LogP contribution >= 0.6 is 24.0 Å². The second kappa shape index (κ2) is 9.48. The van der Waals surface area contributed by atoms with Gasteiger partial charge in [0.25, 0.3) is 0 Å². The number of aliphatic imine (C=N–C) groups is 1. The lowest BCUT2D eigenvalue weighted by Crippen LogP contribution is -2.52. The number of hydrogen-bond donors (Lipinski definition) is 1. The van der Waals surface area contributed by atoms with Crippen molar-refractivity contribution in [2.24, 2.45) is 10.9 Å². The highest BCUT2D eigenvalue weighted by molar-refractivity contribution is 14.0. The van der Waals surface area contributed by atoms with Crippen molar-refractivity contribution in [2.75, 3.05) is 26.2 Å². The topological polar surface area (TPSA) is 53.9 Å². The van der Waals surface area contributed by atoms with Gasteiger partial charge in [0, 0.05) is 25.7 Å². The van der Waals surface area contributed by atoms with Gasteiger partial charge in [-0.05, 0) is 46.0 Å². The van der Waals surface area contributed by atoms with Crippen LogP contribution in [0.4, 0.5) is 0 Å². The second-order valence-electron chi connectivity index (χ2n) is 5.61. The van der Waals surface area contributed by atoms with Crippen molar-refractivity contribution >= 4 is 35.9 Å². The minimum Gasteiger partial charge on any atom is -0.466 e. The number of rotatable bonds is 4. The molecule has 0 aromatic heterocycles. The highest BCUT2D eigenvalue weighted by Crippen LogP contribution is 2.21. The van der Waals surface area contributed by atoms with Crippen LogP contribution in [0.2, 0.25) is 0 Å². The summed E-state index contributed by atoms with van der Waals surface area (Å²) in [6, 6.07) is 0.572. The Hall–Kier alpha value is -0.530. The zero-order chi connectivity index (χ0) is 14.4. The first kappa shape index (κ1) is 18.5. The zero-order valence-electron chi connectivity index (χ0n) is 13.1. The van der Waals surface area contributed by atoms with Crippen molar-refractivity contribution in [3.05, 3.63) is 0 Å². The van der Waals surface area contributed by atoms with Gasteiger partial charge < -0.3 is 15.0 Å². The Morgan fingerprint density at radius 2 is 2.05 bits per heavy atom. The number of carbonyl (C=O) groups excluding carboxylic acids is 1. The molecule has 0 aromatic rings. The van der Waals surface area contributed by atoms with E-state index in [4.69, 9.17) is 4.74 Å². The van der Waals surface area contributed by atoms with Gasteiger partial charge in [0.05, 0.1) is 12.5 Å². The van der Waals surface area contributed by atoms with E-state index in [1.54, 1.807) is 0 Å². The number of piperidine rings is 1. The Balaban J connectivity index is 0.00000220. The van der Waals surface area contributed by atoms with E-state index in [0.717, 1.165) is 38.4 Å². The largest absolute Gasteiger partial charge is 0.466 e. The van der Waals surface area contributed by atoms with Crippen LogP contribution in [0.15, 0.2) is 4.99 Å². The standard InChI is InChI=1S/C15H27N3O2.HI/c1-3-16-15(17-13-8-5-9-13)18-10-6-7-12(11-18)14(19)20-4-2;/h12-13H,3-11H2,1-2H3,(H,16,17);1H/t12-;/m1./s1. The first-order chi connectivity index (χ1) is 9.74. The Morgan fingerprint density at radius 1 is 1.29 bits per heavy atom. The Labute approximate surface area is 144 Å². The molecular formula is C15H28IN3O2. The van der Waals surface area contributed by atoms with Crippen molar-refractivity contribution in [1.82, 2.24) is 10.2 Å². The van der Waals surface area contributed by atoms with Crippen molar-refractivity contribution in [1.29, 1.82) is 0 Å². The molecule has 1 heterocycles. The summed E-state index contributed by atoms with van der Waals surface area (Å²) in [4.78, 5) is 18.7. The third-order valence-electron chi connectivity index (χ3n) is 4.09. The average molecular weight is 409 g/mol. The number of halogens is 1. The van der Waals surface area contributed by atoms with Gasteiger partial charge >= 0.3 is 5.97 Å². The van der Waals surface area contributed by atoms with Crippen molar-refractivity contribution in [2.45, 2.75) is 52.0 Å². The van der Waals surface area contributed by atoms with E-state index in [0.29, 0.717) is 12.6 Å². The van der Waals surface area contributed by atoms with E-state index >= 15 is 0 Å². The number of carbonyl (C=O) groups is 1. The number of likely N-dealkylation sites (tertiary alicyclic amines) is 1. The van der Waals surface area contributed by atoms with Crippen LogP contribution in [0.1, 0.15) is 46.0 Å². The van der Waals surface area contributed by atoms with E-state index in [-0.39, 0.29) is 35.9 Å². The van der Waals surface area contributed by atoms with Gasteiger partial charge in [0.1, 0.15) is 0 Å². The number of esters is 1. The Bertz CT molecular complexity index is 359. The molecule has 1 N–H and O–H groups in total. The molecule has 122 valence electrons. The lowest BCUT2D eigenvalue weighted by Gasteiger charge is -2.37. The summed E-state index contributed by atoms with van der Waals surface area (Å²) in [7, 11) is 0. The zero-order valence-corrected chi connectivity index (χ0v) is 15.5. The highest BCUT2D eigenvalue weighted by atomic mass is 127. The van der Waals surface area contributed by atoms with Gasteiger partial charge in [0.2, 0.25) is 0 Å². The lowest BCUT2D eigenvalue weighted by atomic mass is 9.93. The van der Waals surface area contributed by atoms with Gasteiger partial charge in [-0.1, -0.05) is 0 Å². The van der Waals surface area contributed by atoms with E-state index in [1.165, 1.54) is 19.3 Å². The number of nitrogens with zero attached hydrogens (tertiary/aromatic N) is 2. The van der Waals surface area contributed by atoms with Crippen LogP contribution in [0.5, 0.6) is 0 Å². The molecular weight excluding hydrogens is 381 g/mol. The molecule has 1 saturated carbocycles. The summed E-state index contributed by atoms with van der Waals surface area (Å²) in [5, 5.41) is 3.54. The molecule has 1 atom stereocenters. The first-order valence-corrected chi connectivity index (χ1v) is 7.97. The molecule has 0 amide bonds. The van der Waals surface area contributed by atoms with Crippen LogP contribution in [0.3, 0.4) is 0 Å². The summed E-state index contributed by atoms with van der Waals surface area (Å²) in [6.07, 6.45) is 5.73. The molecule has 0 aromatic carbocycles. The Kier molecular flexibility index (Phi) is 8.36. The molecule has 0 spiro atoms. The summed E-state index contributed by atoms with van der Waals surface area (Å²) in [5.41, 5.74) is 0. The SMILES string of the molecule is CCN=C(NC1CCC1)N1CCC[C@@H](C(=O)OCC)C1.I. The van der Waals surface area contributed by atoms with Gasteiger partial charge in [-0.3, -0.25) is 9.79 Å². The monoisotopic (exact) mass is 409 g/mol. The van der Waals surface area contributed by atoms with Crippen LogP contribution in [0.25, 0.3) is 0 Å². The molecule has 1 aliphatic carbocycles. The van der Waals surface area contributed by atoms with Gasteiger partial charge in [-0.15, -0.1) is 24.0 Å². The Morgan fingerprint density at radius 3 is 2.62 bits per heavy atom. The molecule has 2 aliphatic rings. The minimum absolute atomic E-state index is 0. The molecule has 1 saturated heterocycles. The molecule has 2 fully saturated rings. The summed E-state index contributed by atoms with van der Waals surface area (Å²) in [5.74, 6) is 0.914. The molecule has 2 rings (SSSR count). The third-order valence-corrected chi connectivity index (χ3v) is 4.09. The number of hydrogen-bond acceptors (Lipinski definition) is 3. The average Bonchev–Trinajstić information content (AvgIpc) is 2.42. The molecule has 6 heteroatoms. The van der Waals surface area contributed by atoms with Crippen LogP contribution in [-0.4, -0.2) is 49.1 Å². The van der Waals surface area contributed by atoms with Crippen LogP contribution in [-0.2, 0) is 9.53 Å². The predicted molar refractivity (Wildman–Crippen MR) is 95.1 cm³/mol. The summed E-state index contributed by atoms with van der Waals surface area (Å²) >= 11 is 0. The van der Waals surface area contributed by atoms with Crippen molar-refractivity contribution in [3.63, 3.8) is 0 Å². The fraction of sp³-hybridized carbons (Fsp3) is 0.867. The number of nitrogens with one attached hydrogen (secondary N) is 1. The van der Waals surface area contributed by atoms with Gasteiger partial charge in [-0.25, -0.2) is 0 Å². The minimum atomic E-state index is -0.0586. The summed E-state index contributed by atoms with van der Waals surface area (Å²) in [6.45, 7) is 6.86. The van der Waals surface area contributed by atoms with Crippen molar-refractivity contribution in [3.8, 4) is 0 Å². The second-order valence-corrected chi connectivity index (χ2v) is 5.61. The molecule has 21 heavy (non-hydrogen) atoms. The quantitative estimate of drug-likeness (QED) is 0.335. The predicted octanol–water partition coefficient (Wildman–Crippen LogP) is 2.40. The van der Waals surface area contributed by atoms with Crippen LogP contribution in [0, 0.1) is 5.92 Å². The van der Waals surface area contributed by atoms with E-state index in [1.807, 2.05) is 6.92 Å². The molecule has 0 radical (unpaired) electrons. The third kappa shape index (κ3) is 5.30. The molecule has 0 bridgehead atoms. The molecule has 0 unspecified atom stereocenters. The normalized spacial score (nSPS) is 23.0. The highest BCUT2D eigenvalue weighted by Gasteiger charge is 2.29. The van der Waals surface area contributed by atoms with E-state index in [2.05, 4.69) is 22.1 Å². The van der Waals surface area contributed by atoms with Crippen molar-refractivity contribution < 1.29 is 9.53 Å². The fourth-order valence-electron chi connectivity index (χ4n) is 2.74. The fourth-order valence-corrected chi connectivity index (χ4v) is 2.74. The maximum atomic E-state index is 11.9. The maximum absolute atomic E-state index is 11.9. The molecule has 5 nitrogen and oxygen atoms in total. The van der Waals surface area contributed by atoms with Gasteiger partial charge in [0.15, 0.2) is 5.96 Å². The smallest absolute Gasteiger partial charge is 0.310 e. The van der Waals surface area contributed by atoms with E-state index in [9.17, 15) is 4.79 Å². The summed E-state index contributed by atoms with van der Waals surface area (Å²) < 4.78 is 5.16. The van der Waals surface area contributed by atoms with Crippen LogP contribution < -0.4 is 5.32 Å². The number of ether oxygens (including phenoxy) is 1. The van der Waals surface area contributed by atoms with E-state index < -0.39 is 0 Å².